The summed E-state index contributed by atoms with van der Waals surface area (Å²) in [5.74, 6) is 2.98. The highest BCUT2D eigenvalue weighted by Crippen LogP contribution is 2.69. The Hall–Kier alpha value is -0.120. The van der Waals surface area contributed by atoms with Crippen LogP contribution < -0.4 is 0 Å². The molecule has 0 aromatic rings. The molecule has 0 aromatic heterocycles. The summed E-state index contributed by atoms with van der Waals surface area (Å²) in [4.78, 5) is 0. The molecular weight excluding hydrogens is 300 g/mol. The first-order valence-corrected chi connectivity index (χ1v) is 10.4. The average molecular weight is 335 g/mol. The lowest BCUT2D eigenvalue weighted by atomic mass is 9.45. The van der Waals surface area contributed by atoms with Crippen molar-refractivity contribution in [3.63, 3.8) is 0 Å². The van der Waals surface area contributed by atoms with Gasteiger partial charge in [0.25, 0.3) is 0 Å². The summed E-state index contributed by atoms with van der Waals surface area (Å²) in [5, 5.41) is 10.2. The molecule has 24 heavy (non-hydrogen) atoms. The van der Waals surface area contributed by atoms with Gasteiger partial charge >= 0.3 is 0 Å². The van der Waals surface area contributed by atoms with Crippen molar-refractivity contribution < 1.29 is 14.6 Å². The van der Waals surface area contributed by atoms with Gasteiger partial charge in [0.1, 0.15) is 0 Å². The number of ether oxygens (including phenoxy) is 2. The van der Waals surface area contributed by atoms with E-state index >= 15 is 0 Å². The number of hydrogen-bond acceptors (Lipinski definition) is 3. The van der Waals surface area contributed by atoms with Crippen LogP contribution >= 0.6 is 0 Å². The minimum Gasteiger partial charge on any atom is -0.393 e. The predicted octanol–water partition coefficient (Wildman–Crippen LogP) is 4.13. The number of fused-ring (bicyclic) bond motifs is 6. The summed E-state index contributed by atoms with van der Waals surface area (Å²) < 4.78 is 12.5. The van der Waals surface area contributed by atoms with Crippen molar-refractivity contribution in [2.75, 3.05) is 13.2 Å². The van der Waals surface area contributed by atoms with Crippen LogP contribution in [0.15, 0.2) is 0 Å². The van der Waals surface area contributed by atoms with Crippen LogP contribution in [0, 0.1) is 34.5 Å². The Morgan fingerprint density at radius 2 is 1.58 bits per heavy atom. The number of aliphatic hydroxyl groups is 1. The van der Waals surface area contributed by atoms with Crippen molar-refractivity contribution in [2.45, 2.75) is 83.5 Å². The molecule has 4 aliphatic carbocycles. The molecular formula is C21H34O3. The quantitative estimate of drug-likeness (QED) is 0.724. The maximum absolute atomic E-state index is 10.2. The van der Waals surface area contributed by atoms with E-state index in [4.69, 9.17) is 9.47 Å². The molecule has 7 atom stereocenters. The minimum atomic E-state index is -0.261. The lowest BCUT2D eigenvalue weighted by Crippen LogP contribution is -2.57. The summed E-state index contributed by atoms with van der Waals surface area (Å²) in [6.07, 6.45) is 11.0. The van der Waals surface area contributed by atoms with E-state index in [1.807, 2.05) is 0 Å². The van der Waals surface area contributed by atoms with Crippen LogP contribution in [0.3, 0.4) is 0 Å². The Balaban J connectivity index is 1.45. The third-order valence-electron chi connectivity index (χ3n) is 9.44. The first-order valence-electron chi connectivity index (χ1n) is 10.4. The second-order valence-electron chi connectivity index (χ2n) is 10.0. The van der Waals surface area contributed by atoms with Gasteiger partial charge in [0.2, 0.25) is 0 Å². The van der Waals surface area contributed by atoms with E-state index in [0.29, 0.717) is 5.41 Å². The zero-order valence-electron chi connectivity index (χ0n) is 15.4. The molecule has 136 valence electrons. The molecule has 0 bridgehead atoms. The largest absolute Gasteiger partial charge is 0.393 e. The minimum absolute atomic E-state index is 0.0384. The van der Waals surface area contributed by atoms with E-state index in [2.05, 4.69) is 13.8 Å². The second-order valence-corrected chi connectivity index (χ2v) is 10.0. The van der Waals surface area contributed by atoms with E-state index in [9.17, 15) is 5.11 Å². The molecule has 0 amide bonds. The average Bonchev–Trinajstić information content (AvgIpc) is 3.15. The molecule has 1 spiro atoms. The maximum Gasteiger partial charge on any atom is 0.174 e. The van der Waals surface area contributed by atoms with Gasteiger partial charge in [-0.15, -0.1) is 0 Å². The molecule has 3 heteroatoms. The van der Waals surface area contributed by atoms with Crippen molar-refractivity contribution >= 4 is 0 Å². The van der Waals surface area contributed by atoms with Gasteiger partial charge in [0.15, 0.2) is 5.79 Å². The molecule has 4 saturated carbocycles. The first-order chi connectivity index (χ1) is 11.5. The lowest BCUT2D eigenvalue weighted by molar-refractivity contribution is -0.247. The topological polar surface area (TPSA) is 38.7 Å². The van der Waals surface area contributed by atoms with Crippen LogP contribution in [-0.2, 0) is 9.47 Å². The zero-order valence-corrected chi connectivity index (χ0v) is 15.4. The van der Waals surface area contributed by atoms with Gasteiger partial charge in [0, 0.05) is 11.8 Å². The van der Waals surface area contributed by atoms with Crippen molar-refractivity contribution in [2.24, 2.45) is 34.5 Å². The van der Waals surface area contributed by atoms with E-state index in [0.717, 1.165) is 56.1 Å². The Bertz CT molecular complexity index is 513. The molecule has 5 aliphatic rings. The third kappa shape index (κ3) is 1.90. The molecule has 5 rings (SSSR count). The standard InChI is InChI=1S/C21H34O3/c1-19-8-5-15(22)13-14(19)3-4-16-17(19)6-9-20(2)18(16)7-10-21(20)23-11-12-24-21/h14-18,22H,3-13H2,1-2H3/t14-,15+,16-,17+,18+,19+,20+/m1/s1. The normalized spacial score (nSPS) is 55.9. The molecule has 5 fully saturated rings. The van der Waals surface area contributed by atoms with Crippen molar-refractivity contribution in [3.05, 3.63) is 0 Å². The maximum atomic E-state index is 10.2. The second kappa shape index (κ2) is 5.20. The van der Waals surface area contributed by atoms with Crippen LogP contribution in [0.25, 0.3) is 0 Å². The van der Waals surface area contributed by atoms with Gasteiger partial charge < -0.3 is 14.6 Å². The Morgan fingerprint density at radius 1 is 0.833 bits per heavy atom. The summed E-state index contributed by atoms with van der Waals surface area (Å²) in [5.41, 5.74) is 0.693. The van der Waals surface area contributed by atoms with E-state index < -0.39 is 0 Å². The number of hydrogen-bond donors (Lipinski definition) is 1. The third-order valence-corrected chi connectivity index (χ3v) is 9.44. The van der Waals surface area contributed by atoms with Crippen molar-refractivity contribution in [3.8, 4) is 0 Å². The molecule has 1 heterocycles. The van der Waals surface area contributed by atoms with Gasteiger partial charge in [-0.3, -0.25) is 0 Å². The van der Waals surface area contributed by atoms with E-state index in [-0.39, 0.29) is 17.3 Å². The molecule has 1 saturated heterocycles. The summed E-state index contributed by atoms with van der Waals surface area (Å²) in [6.45, 7) is 6.61. The van der Waals surface area contributed by atoms with Gasteiger partial charge in [0.05, 0.1) is 19.3 Å². The molecule has 1 N–H and O–H groups in total. The Labute approximate surface area is 146 Å². The number of rotatable bonds is 0. The Morgan fingerprint density at radius 3 is 2.38 bits per heavy atom. The fraction of sp³-hybridized carbons (Fsp3) is 1.00. The van der Waals surface area contributed by atoms with Crippen LogP contribution in [0.4, 0.5) is 0 Å². The molecule has 0 unspecified atom stereocenters. The van der Waals surface area contributed by atoms with Gasteiger partial charge in [-0.25, -0.2) is 0 Å². The Kier molecular flexibility index (Phi) is 3.49. The van der Waals surface area contributed by atoms with E-state index in [1.54, 1.807) is 0 Å². The monoisotopic (exact) mass is 334 g/mol. The van der Waals surface area contributed by atoms with Gasteiger partial charge in [-0.05, 0) is 80.5 Å². The highest BCUT2D eigenvalue weighted by Gasteiger charge is 2.67. The molecule has 1 aliphatic heterocycles. The molecule has 0 radical (unpaired) electrons. The molecule has 3 nitrogen and oxygen atoms in total. The van der Waals surface area contributed by atoms with Crippen LogP contribution in [0.2, 0.25) is 0 Å². The van der Waals surface area contributed by atoms with Gasteiger partial charge in [-0.2, -0.15) is 0 Å². The predicted molar refractivity (Wildman–Crippen MR) is 92.4 cm³/mol. The SMILES string of the molecule is C[C@]12CC[C@H](O)C[C@H]1CC[C@@H]1[C@@H]2CC[C@@]2(C)[C@H]1CCC21OCCO1. The van der Waals surface area contributed by atoms with Crippen molar-refractivity contribution in [1.82, 2.24) is 0 Å². The van der Waals surface area contributed by atoms with Crippen LogP contribution in [0.1, 0.15) is 71.6 Å². The summed E-state index contributed by atoms with van der Waals surface area (Å²) in [6, 6.07) is 0. The molecule has 0 aromatic carbocycles. The highest BCUT2D eigenvalue weighted by molar-refractivity contribution is 5.12. The fourth-order valence-electron chi connectivity index (χ4n) is 8.12. The highest BCUT2D eigenvalue weighted by atomic mass is 16.7. The van der Waals surface area contributed by atoms with Crippen LogP contribution in [-0.4, -0.2) is 30.2 Å². The smallest absolute Gasteiger partial charge is 0.174 e. The van der Waals surface area contributed by atoms with Crippen LogP contribution in [0.5, 0.6) is 0 Å². The lowest BCUT2D eigenvalue weighted by Gasteiger charge is -2.61. The fourth-order valence-corrected chi connectivity index (χ4v) is 8.12. The van der Waals surface area contributed by atoms with Crippen molar-refractivity contribution in [1.29, 1.82) is 0 Å². The summed E-state index contributed by atoms with van der Waals surface area (Å²) in [7, 11) is 0. The van der Waals surface area contributed by atoms with E-state index in [1.165, 1.54) is 38.5 Å². The first kappa shape index (κ1) is 16.1. The summed E-state index contributed by atoms with van der Waals surface area (Å²) >= 11 is 0. The number of aliphatic hydroxyl groups excluding tert-OH is 1. The van der Waals surface area contributed by atoms with Gasteiger partial charge in [-0.1, -0.05) is 13.8 Å². The zero-order chi connectivity index (χ0) is 16.6.